The Morgan fingerprint density at radius 3 is 1.94 bits per heavy atom. The van der Waals surface area contributed by atoms with Gasteiger partial charge in [-0.05, 0) is 29.8 Å². The molecule has 3 nitrogen and oxygen atoms in total. The molecule has 2 N–H and O–H groups in total. The van der Waals surface area contributed by atoms with E-state index in [0.29, 0.717) is 5.56 Å². The monoisotopic (exact) mass is 250 g/mol. The Kier molecular flexibility index (Phi) is 3.59. The lowest BCUT2D eigenvalue weighted by molar-refractivity contribution is 0.288. The van der Waals surface area contributed by atoms with E-state index in [0.717, 1.165) is 0 Å². The first-order valence-corrected chi connectivity index (χ1v) is 5.15. The number of halogens is 2. The third kappa shape index (κ3) is 2.66. The van der Waals surface area contributed by atoms with Crippen molar-refractivity contribution >= 4 is 7.32 Å². The molecule has 0 aliphatic rings. The van der Waals surface area contributed by atoms with Crippen LogP contribution < -0.4 is 4.65 Å². The summed E-state index contributed by atoms with van der Waals surface area (Å²) in [5, 5.41) is 17.2. The van der Waals surface area contributed by atoms with Gasteiger partial charge in [-0.2, -0.15) is 0 Å². The zero-order valence-electron chi connectivity index (χ0n) is 9.18. The molecule has 92 valence electrons. The van der Waals surface area contributed by atoms with Crippen molar-refractivity contribution in [1.82, 2.24) is 0 Å². The van der Waals surface area contributed by atoms with Crippen LogP contribution >= 0.6 is 0 Å². The minimum absolute atomic E-state index is 0.131. The summed E-state index contributed by atoms with van der Waals surface area (Å²) in [6, 6.07) is 9.26. The lowest BCUT2D eigenvalue weighted by Crippen LogP contribution is -2.20. The van der Waals surface area contributed by atoms with Gasteiger partial charge in [0.05, 0.1) is 5.56 Å². The fraction of sp³-hybridized carbons (Fsp3) is 0. The Morgan fingerprint density at radius 1 is 0.889 bits per heavy atom. The van der Waals surface area contributed by atoms with Crippen molar-refractivity contribution in [1.29, 1.82) is 0 Å². The number of rotatable bonds is 3. The Labute approximate surface area is 102 Å². The fourth-order valence-corrected chi connectivity index (χ4v) is 1.60. The molecule has 0 unspecified atom stereocenters. The summed E-state index contributed by atoms with van der Waals surface area (Å²) in [6.45, 7) is 0. The summed E-state index contributed by atoms with van der Waals surface area (Å²) in [4.78, 5) is 0. The molecule has 0 aliphatic heterocycles. The Bertz CT molecular complexity index is 523. The van der Waals surface area contributed by atoms with Crippen LogP contribution in [0.3, 0.4) is 0 Å². The van der Waals surface area contributed by atoms with Gasteiger partial charge in [0, 0.05) is 0 Å². The highest BCUT2D eigenvalue weighted by Crippen LogP contribution is 2.27. The highest BCUT2D eigenvalue weighted by atomic mass is 19.1. The van der Waals surface area contributed by atoms with Gasteiger partial charge in [-0.1, -0.05) is 18.2 Å². The maximum atomic E-state index is 13.5. The first-order valence-electron chi connectivity index (χ1n) is 5.15. The molecule has 0 saturated heterocycles. The minimum Gasteiger partial charge on any atom is -0.512 e. The van der Waals surface area contributed by atoms with Crippen LogP contribution in [0.15, 0.2) is 42.5 Å². The molecule has 2 aromatic rings. The zero-order valence-corrected chi connectivity index (χ0v) is 9.18. The second-order valence-electron chi connectivity index (χ2n) is 3.57. The normalized spacial score (nSPS) is 10.2. The van der Waals surface area contributed by atoms with Gasteiger partial charge in [-0.3, -0.25) is 0 Å². The van der Waals surface area contributed by atoms with E-state index in [1.54, 1.807) is 0 Å². The molecule has 0 radical (unpaired) electrons. The van der Waals surface area contributed by atoms with Gasteiger partial charge in [0.1, 0.15) is 17.4 Å². The van der Waals surface area contributed by atoms with Crippen LogP contribution in [0, 0.1) is 11.6 Å². The predicted octanol–water partition coefficient (Wildman–Crippen LogP) is 1.98. The SMILES string of the molecule is OB(O)Oc1ccc(-c2c(F)cccc2F)cc1. The van der Waals surface area contributed by atoms with E-state index in [-0.39, 0.29) is 11.3 Å². The molecule has 0 bridgehead atoms. The van der Waals surface area contributed by atoms with Crippen molar-refractivity contribution in [3.63, 3.8) is 0 Å². The van der Waals surface area contributed by atoms with Crippen LogP contribution in [0.25, 0.3) is 11.1 Å². The van der Waals surface area contributed by atoms with Gasteiger partial charge in [0.15, 0.2) is 0 Å². The van der Waals surface area contributed by atoms with Gasteiger partial charge in [-0.15, -0.1) is 0 Å². The van der Waals surface area contributed by atoms with E-state index in [2.05, 4.69) is 4.65 Å². The third-order valence-corrected chi connectivity index (χ3v) is 2.35. The van der Waals surface area contributed by atoms with Gasteiger partial charge in [0.2, 0.25) is 0 Å². The van der Waals surface area contributed by atoms with Gasteiger partial charge in [-0.25, -0.2) is 8.78 Å². The maximum absolute atomic E-state index is 13.5. The molecule has 0 atom stereocenters. The van der Waals surface area contributed by atoms with E-state index in [1.807, 2.05) is 0 Å². The van der Waals surface area contributed by atoms with E-state index in [4.69, 9.17) is 10.0 Å². The first kappa shape index (κ1) is 12.5. The van der Waals surface area contributed by atoms with Gasteiger partial charge in [0.25, 0.3) is 0 Å². The van der Waals surface area contributed by atoms with Crippen LogP contribution in [-0.2, 0) is 0 Å². The lowest BCUT2D eigenvalue weighted by atomic mass is 10.0. The smallest absolute Gasteiger partial charge is 0.512 e. The molecular formula is C12H9BF2O3. The maximum Gasteiger partial charge on any atom is 0.707 e. The second-order valence-corrected chi connectivity index (χ2v) is 3.57. The highest BCUT2D eigenvalue weighted by molar-refractivity contribution is 6.33. The Morgan fingerprint density at radius 2 is 1.44 bits per heavy atom. The number of hydrogen-bond donors (Lipinski definition) is 2. The van der Waals surface area contributed by atoms with Crippen LogP contribution in [0.4, 0.5) is 8.78 Å². The summed E-state index contributed by atoms with van der Waals surface area (Å²) in [5.41, 5.74) is 0.207. The summed E-state index contributed by atoms with van der Waals surface area (Å²) < 4.78 is 31.6. The molecule has 0 saturated carbocycles. The first-order chi connectivity index (χ1) is 8.58. The summed E-state index contributed by atoms with van der Waals surface area (Å²) >= 11 is 0. The quantitative estimate of drug-likeness (QED) is 0.819. The average Bonchev–Trinajstić information content (AvgIpc) is 2.30. The van der Waals surface area contributed by atoms with E-state index >= 15 is 0 Å². The van der Waals surface area contributed by atoms with Crippen molar-refractivity contribution in [2.75, 3.05) is 0 Å². The van der Waals surface area contributed by atoms with Crippen molar-refractivity contribution in [2.24, 2.45) is 0 Å². The standard InChI is InChI=1S/C12H9BF2O3/c14-10-2-1-3-11(15)12(10)8-4-6-9(7-5-8)18-13(16)17/h1-7,16-17H. The van der Waals surface area contributed by atoms with Gasteiger partial charge >= 0.3 is 7.32 Å². The van der Waals surface area contributed by atoms with E-state index < -0.39 is 19.0 Å². The zero-order chi connectivity index (χ0) is 13.1. The molecule has 2 aromatic carbocycles. The Balaban J connectivity index is 2.35. The topological polar surface area (TPSA) is 49.7 Å². The van der Waals surface area contributed by atoms with Crippen molar-refractivity contribution in [3.8, 4) is 16.9 Å². The summed E-state index contributed by atoms with van der Waals surface area (Å²) in [6.07, 6.45) is 0. The highest BCUT2D eigenvalue weighted by Gasteiger charge is 2.13. The van der Waals surface area contributed by atoms with E-state index in [9.17, 15) is 8.78 Å². The summed E-state index contributed by atoms with van der Waals surface area (Å²) in [7, 11) is -1.93. The molecular weight excluding hydrogens is 241 g/mol. The molecule has 6 heteroatoms. The van der Waals surface area contributed by atoms with Crippen molar-refractivity contribution in [3.05, 3.63) is 54.1 Å². The van der Waals surface area contributed by atoms with Crippen LogP contribution in [-0.4, -0.2) is 17.4 Å². The van der Waals surface area contributed by atoms with Crippen molar-refractivity contribution < 1.29 is 23.5 Å². The number of benzene rings is 2. The van der Waals surface area contributed by atoms with Crippen molar-refractivity contribution in [2.45, 2.75) is 0 Å². The molecule has 0 heterocycles. The number of hydrogen-bond acceptors (Lipinski definition) is 3. The summed E-state index contributed by atoms with van der Waals surface area (Å²) in [5.74, 6) is -1.14. The Hall–Kier alpha value is -1.92. The average molecular weight is 250 g/mol. The van der Waals surface area contributed by atoms with Crippen LogP contribution in [0.1, 0.15) is 0 Å². The van der Waals surface area contributed by atoms with Crippen LogP contribution in [0.5, 0.6) is 5.75 Å². The lowest BCUT2D eigenvalue weighted by Gasteiger charge is -2.07. The van der Waals surface area contributed by atoms with Crippen LogP contribution in [0.2, 0.25) is 0 Å². The molecule has 0 aliphatic carbocycles. The van der Waals surface area contributed by atoms with E-state index in [1.165, 1.54) is 42.5 Å². The molecule has 0 spiro atoms. The largest absolute Gasteiger partial charge is 0.707 e. The van der Waals surface area contributed by atoms with Gasteiger partial charge < -0.3 is 14.7 Å². The fourth-order valence-electron chi connectivity index (χ4n) is 1.60. The third-order valence-electron chi connectivity index (χ3n) is 2.35. The predicted molar refractivity (Wildman–Crippen MR) is 62.6 cm³/mol. The molecule has 2 rings (SSSR count). The molecule has 0 fully saturated rings. The molecule has 0 amide bonds. The second kappa shape index (κ2) is 5.16. The minimum atomic E-state index is -1.93. The molecule has 18 heavy (non-hydrogen) atoms. The molecule has 0 aromatic heterocycles.